The van der Waals surface area contributed by atoms with Gasteiger partial charge in [-0.15, -0.1) is 4.91 Å². The Hall–Kier alpha value is -1.58. The molecule has 0 amide bonds. The van der Waals surface area contributed by atoms with Gasteiger partial charge in [-0.05, 0) is 37.1 Å². The average molecular weight is 208 g/mol. The fourth-order valence-electron chi connectivity index (χ4n) is 1.89. The first-order valence-corrected chi connectivity index (χ1v) is 4.75. The van der Waals surface area contributed by atoms with Crippen LogP contribution in [0.4, 0.5) is 11.4 Å². The van der Waals surface area contributed by atoms with Gasteiger partial charge in [-0.25, -0.2) is 0 Å². The summed E-state index contributed by atoms with van der Waals surface area (Å²) in [7, 11) is 3.81. The number of benzene rings is 1. The van der Waals surface area contributed by atoms with Crippen molar-refractivity contribution >= 4 is 11.4 Å². The van der Waals surface area contributed by atoms with E-state index < -0.39 is 0 Å². The van der Waals surface area contributed by atoms with Crippen molar-refractivity contribution in [2.24, 2.45) is 5.18 Å². The fourth-order valence-corrected chi connectivity index (χ4v) is 1.89. The molecule has 0 saturated carbocycles. The maximum Gasteiger partial charge on any atom is 0.153 e. The maximum absolute atomic E-state index is 10.6. The van der Waals surface area contributed by atoms with Crippen LogP contribution in [0.2, 0.25) is 0 Å². The summed E-state index contributed by atoms with van der Waals surface area (Å²) in [6, 6.07) is 0. The lowest BCUT2D eigenvalue weighted by Gasteiger charge is -2.21. The summed E-state index contributed by atoms with van der Waals surface area (Å²) in [6.45, 7) is 5.50. The minimum absolute atomic E-state index is 0.0169. The van der Waals surface area contributed by atoms with Gasteiger partial charge < -0.3 is 10.0 Å². The minimum Gasteiger partial charge on any atom is -0.505 e. The molecule has 0 aliphatic rings. The second kappa shape index (κ2) is 3.88. The van der Waals surface area contributed by atoms with Crippen molar-refractivity contribution in [3.63, 3.8) is 0 Å². The number of hydrogen-bond acceptors (Lipinski definition) is 4. The topological polar surface area (TPSA) is 52.9 Å². The molecule has 1 aromatic rings. The van der Waals surface area contributed by atoms with Gasteiger partial charge in [0.2, 0.25) is 0 Å². The number of nitroso groups, excluding NO2 is 1. The average Bonchev–Trinajstić information content (AvgIpc) is 2.16. The number of hydrogen-bond donors (Lipinski definition) is 1. The van der Waals surface area contributed by atoms with E-state index in [0.717, 1.165) is 16.8 Å². The summed E-state index contributed by atoms with van der Waals surface area (Å²) in [4.78, 5) is 12.5. The van der Waals surface area contributed by atoms with Gasteiger partial charge in [-0.3, -0.25) is 0 Å². The van der Waals surface area contributed by atoms with Crippen LogP contribution in [0.25, 0.3) is 0 Å². The summed E-state index contributed by atoms with van der Waals surface area (Å²) in [5.41, 5.74) is 3.49. The predicted octanol–water partition coefficient (Wildman–Crippen LogP) is 2.78. The van der Waals surface area contributed by atoms with Crippen molar-refractivity contribution < 1.29 is 5.11 Å². The van der Waals surface area contributed by atoms with Crippen LogP contribution < -0.4 is 4.90 Å². The van der Waals surface area contributed by atoms with Crippen LogP contribution >= 0.6 is 0 Å². The number of aromatic hydroxyl groups is 1. The van der Waals surface area contributed by atoms with Crippen LogP contribution in [-0.2, 0) is 0 Å². The van der Waals surface area contributed by atoms with Gasteiger partial charge in [0.1, 0.15) is 5.75 Å². The molecule has 82 valence electrons. The first kappa shape index (κ1) is 11.5. The maximum atomic E-state index is 10.6. The second-order valence-corrected chi connectivity index (χ2v) is 3.91. The molecule has 1 aromatic carbocycles. The highest BCUT2D eigenvalue weighted by Gasteiger charge is 2.18. The Morgan fingerprint density at radius 2 is 1.60 bits per heavy atom. The molecular formula is C11H16N2O2. The zero-order valence-electron chi connectivity index (χ0n) is 9.75. The third-order valence-electron chi connectivity index (χ3n) is 2.75. The van der Waals surface area contributed by atoms with E-state index in [1.165, 1.54) is 0 Å². The number of phenols is 1. The summed E-state index contributed by atoms with van der Waals surface area (Å²) < 4.78 is 0. The number of rotatable bonds is 2. The molecule has 0 aliphatic carbocycles. The summed E-state index contributed by atoms with van der Waals surface area (Å²) >= 11 is 0. The van der Waals surface area contributed by atoms with Gasteiger partial charge in [0.05, 0.1) is 0 Å². The Kier molecular flexibility index (Phi) is 2.98. The van der Waals surface area contributed by atoms with Gasteiger partial charge in [-0.2, -0.15) is 0 Å². The van der Waals surface area contributed by atoms with E-state index in [1.54, 1.807) is 13.8 Å². The summed E-state index contributed by atoms with van der Waals surface area (Å²) in [5, 5.41) is 12.7. The van der Waals surface area contributed by atoms with Crippen molar-refractivity contribution in [1.29, 1.82) is 0 Å². The van der Waals surface area contributed by atoms with E-state index in [2.05, 4.69) is 5.18 Å². The molecule has 4 nitrogen and oxygen atoms in total. The fraction of sp³-hybridized carbons (Fsp3) is 0.455. The lowest BCUT2D eigenvalue weighted by molar-refractivity contribution is 0.472. The quantitative estimate of drug-likeness (QED) is 0.760. The van der Waals surface area contributed by atoms with Gasteiger partial charge in [0.25, 0.3) is 0 Å². The molecule has 15 heavy (non-hydrogen) atoms. The normalized spacial score (nSPS) is 10.2. The minimum atomic E-state index is -0.0169. The van der Waals surface area contributed by atoms with Crippen molar-refractivity contribution in [2.45, 2.75) is 20.8 Å². The molecule has 4 heteroatoms. The molecule has 1 rings (SSSR count). The highest BCUT2D eigenvalue weighted by Crippen LogP contribution is 2.41. The highest BCUT2D eigenvalue weighted by atomic mass is 16.3. The van der Waals surface area contributed by atoms with Crippen molar-refractivity contribution in [1.82, 2.24) is 0 Å². The molecule has 0 atom stereocenters. The Morgan fingerprint density at radius 3 is 2.00 bits per heavy atom. The molecule has 0 fully saturated rings. The number of phenolic OH excluding ortho intramolecular Hbond substituents is 1. The second-order valence-electron chi connectivity index (χ2n) is 3.91. The van der Waals surface area contributed by atoms with E-state index in [4.69, 9.17) is 0 Å². The standard InChI is InChI=1S/C11H16N2O2/c1-6-7(2)10(13(4)5)8(3)11(14)9(6)12-15/h14H,1-5H3. The van der Waals surface area contributed by atoms with Gasteiger partial charge in [0, 0.05) is 25.3 Å². The molecule has 0 radical (unpaired) electrons. The molecule has 0 aliphatic heterocycles. The summed E-state index contributed by atoms with van der Waals surface area (Å²) in [5.74, 6) is -0.0169. The number of nitrogens with zero attached hydrogens (tertiary/aromatic N) is 2. The number of anilines is 1. The van der Waals surface area contributed by atoms with E-state index in [0.29, 0.717) is 5.56 Å². The third-order valence-corrected chi connectivity index (χ3v) is 2.75. The molecule has 0 heterocycles. The largest absolute Gasteiger partial charge is 0.505 e. The molecule has 0 saturated heterocycles. The SMILES string of the molecule is Cc1c(C)c(N(C)C)c(C)c(O)c1N=O. The molecule has 0 unspecified atom stereocenters. The lowest BCUT2D eigenvalue weighted by Crippen LogP contribution is -2.12. The first-order valence-electron chi connectivity index (χ1n) is 4.75. The Labute approximate surface area is 89.5 Å². The Bertz CT molecular complexity index is 383. The van der Waals surface area contributed by atoms with E-state index in [9.17, 15) is 10.0 Å². The van der Waals surface area contributed by atoms with Crippen LogP contribution in [0.3, 0.4) is 0 Å². The van der Waals surface area contributed by atoms with Gasteiger partial charge >= 0.3 is 0 Å². The van der Waals surface area contributed by atoms with E-state index >= 15 is 0 Å². The predicted molar refractivity (Wildman–Crippen MR) is 62.1 cm³/mol. The molecular weight excluding hydrogens is 192 g/mol. The third kappa shape index (κ3) is 1.67. The zero-order chi connectivity index (χ0) is 11.7. The molecule has 0 bridgehead atoms. The first-order chi connectivity index (χ1) is 6.91. The lowest BCUT2D eigenvalue weighted by atomic mass is 9.99. The summed E-state index contributed by atoms with van der Waals surface area (Å²) in [6.07, 6.45) is 0. The van der Waals surface area contributed by atoms with E-state index in [-0.39, 0.29) is 11.4 Å². The van der Waals surface area contributed by atoms with Crippen LogP contribution in [0, 0.1) is 25.7 Å². The van der Waals surface area contributed by atoms with Crippen LogP contribution in [0.1, 0.15) is 16.7 Å². The molecule has 0 spiro atoms. The monoisotopic (exact) mass is 208 g/mol. The smallest absolute Gasteiger partial charge is 0.153 e. The molecule has 0 aromatic heterocycles. The van der Waals surface area contributed by atoms with Crippen molar-refractivity contribution in [3.05, 3.63) is 21.6 Å². The van der Waals surface area contributed by atoms with Crippen LogP contribution in [-0.4, -0.2) is 19.2 Å². The van der Waals surface area contributed by atoms with E-state index in [1.807, 2.05) is 25.9 Å². The Balaban J connectivity index is 3.66. The molecule has 1 N–H and O–H groups in total. The van der Waals surface area contributed by atoms with Gasteiger partial charge in [0.15, 0.2) is 5.69 Å². The van der Waals surface area contributed by atoms with Crippen molar-refractivity contribution in [2.75, 3.05) is 19.0 Å². The zero-order valence-corrected chi connectivity index (χ0v) is 9.75. The Morgan fingerprint density at radius 1 is 1.07 bits per heavy atom. The highest BCUT2D eigenvalue weighted by molar-refractivity contribution is 5.74. The van der Waals surface area contributed by atoms with Crippen molar-refractivity contribution in [3.8, 4) is 5.75 Å². The van der Waals surface area contributed by atoms with Crippen LogP contribution in [0.5, 0.6) is 5.75 Å². The van der Waals surface area contributed by atoms with Crippen LogP contribution in [0.15, 0.2) is 5.18 Å². The van der Waals surface area contributed by atoms with Gasteiger partial charge in [-0.1, -0.05) is 0 Å².